The number of nitrogens with one attached hydrogen (secondary N) is 1. The second kappa shape index (κ2) is 7.73. The first-order chi connectivity index (χ1) is 15.0. The van der Waals surface area contributed by atoms with Crippen LogP contribution in [0.5, 0.6) is 5.75 Å². The predicted octanol–water partition coefficient (Wildman–Crippen LogP) is 2.32. The van der Waals surface area contributed by atoms with Crippen LogP contribution in [-0.4, -0.2) is 54.1 Å². The van der Waals surface area contributed by atoms with Crippen LogP contribution < -0.4 is 10.1 Å². The van der Waals surface area contributed by atoms with Gasteiger partial charge in [-0.05, 0) is 26.8 Å². The van der Waals surface area contributed by atoms with Gasteiger partial charge in [0.15, 0.2) is 5.82 Å². The van der Waals surface area contributed by atoms with Gasteiger partial charge in [-0.1, -0.05) is 12.1 Å². The minimum absolute atomic E-state index is 0.0208. The van der Waals surface area contributed by atoms with Gasteiger partial charge in [0.2, 0.25) is 0 Å². The highest BCUT2D eigenvalue weighted by atomic mass is 16.5. The summed E-state index contributed by atoms with van der Waals surface area (Å²) in [5.41, 5.74) is 3.92. The monoisotopic (exact) mass is 421 g/mol. The number of hydrogen-bond donors (Lipinski definition) is 2. The van der Waals surface area contributed by atoms with Crippen LogP contribution in [0.15, 0.2) is 36.9 Å². The highest BCUT2D eigenvalue weighted by Gasteiger charge is 2.32. The molecule has 0 radical (unpaired) electrons. The molecule has 0 aliphatic carbocycles. The molecule has 3 aromatic rings. The molecule has 162 valence electrons. The third-order valence-corrected chi connectivity index (χ3v) is 5.75. The zero-order valence-corrected chi connectivity index (χ0v) is 18.0. The van der Waals surface area contributed by atoms with Gasteiger partial charge in [-0.25, -0.2) is 14.6 Å². The van der Waals surface area contributed by atoms with Crippen LogP contribution in [0.25, 0.3) is 17.0 Å². The van der Waals surface area contributed by atoms with Crippen molar-refractivity contribution in [3.05, 3.63) is 54.1 Å². The van der Waals surface area contributed by atoms with E-state index < -0.39 is 0 Å². The molecular formula is C22H27N7O2. The highest BCUT2D eigenvalue weighted by Crippen LogP contribution is 2.38. The normalized spacial score (nSPS) is 17.6. The van der Waals surface area contributed by atoms with Gasteiger partial charge >= 0.3 is 0 Å². The molecular weight excluding hydrogens is 394 g/mol. The fourth-order valence-electron chi connectivity index (χ4n) is 4.19. The smallest absolute Gasteiger partial charge is 0.176 e. The van der Waals surface area contributed by atoms with E-state index in [1.54, 1.807) is 6.33 Å². The Morgan fingerprint density at radius 2 is 2.19 bits per heavy atom. The van der Waals surface area contributed by atoms with E-state index in [0.29, 0.717) is 13.2 Å². The van der Waals surface area contributed by atoms with E-state index in [2.05, 4.69) is 63.5 Å². The van der Waals surface area contributed by atoms with Gasteiger partial charge in [-0.15, -0.1) is 0 Å². The third kappa shape index (κ3) is 3.44. The minimum Gasteiger partial charge on any atom is -0.491 e. The summed E-state index contributed by atoms with van der Waals surface area (Å²) < 4.78 is 9.99. The summed E-state index contributed by atoms with van der Waals surface area (Å²) in [4.78, 5) is 11.4. The van der Waals surface area contributed by atoms with E-state index in [9.17, 15) is 5.11 Å². The Labute approximate surface area is 181 Å². The molecule has 0 saturated heterocycles. The number of aromatic nitrogens is 5. The molecule has 0 amide bonds. The van der Waals surface area contributed by atoms with E-state index in [-0.39, 0.29) is 18.8 Å². The predicted molar refractivity (Wildman–Crippen MR) is 116 cm³/mol. The van der Waals surface area contributed by atoms with Crippen molar-refractivity contribution in [2.24, 2.45) is 0 Å². The lowest BCUT2D eigenvalue weighted by Crippen LogP contribution is -2.28. The fourth-order valence-corrected chi connectivity index (χ4v) is 4.19. The van der Waals surface area contributed by atoms with Crippen LogP contribution in [0.1, 0.15) is 43.3 Å². The van der Waals surface area contributed by atoms with Crippen LogP contribution in [-0.2, 0) is 6.54 Å². The molecule has 2 aliphatic heterocycles. The van der Waals surface area contributed by atoms with Crippen LogP contribution in [0, 0.1) is 6.92 Å². The maximum Gasteiger partial charge on any atom is 0.176 e. The zero-order valence-electron chi connectivity index (χ0n) is 18.0. The Kier molecular flexibility index (Phi) is 4.90. The Morgan fingerprint density at radius 3 is 3.00 bits per heavy atom. The Morgan fingerprint density at radius 1 is 1.32 bits per heavy atom. The van der Waals surface area contributed by atoms with Crippen molar-refractivity contribution in [1.82, 2.24) is 34.5 Å². The fraction of sp³-hybridized carbons (Fsp3) is 0.409. The molecule has 31 heavy (non-hydrogen) atoms. The molecule has 1 aromatic carbocycles. The minimum atomic E-state index is -0.0208. The first kappa shape index (κ1) is 19.6. The van der Waals surface area contributed by atoms with Crippen molar-refractivity contribution in [2.75, 3.05) is 19.8 Å². The van der Waals surface area contributed by atoms with E-state index in [1.807, 2.05) is 22.4 Å². The molecule has 2 aliphatic rings. The number of rotatable bonds is 5. The Bertz CT molecular complexity index is 1130. The number of aliphatic hydroxyl groups excluding tert-OH is 1. The van der Waals surface area contributed by atoms with Crippen molar-refractivity contribution in [1.29, 1.82) is 0 Å². The van der Waals surface area contributed by atoms with Crippen LogP contribution in [0.3, 0.4) is 0 Å². The molecule has 0 spiro atoms. The summed E-state index contributed by atoms with van der Waals surface area (Å²) in [7, 11) is 0. The molecule has 2 N–H and O–H groups in total. The molecule has 0 saturated carbocycles. The number of fused-ring (bicyclic) bond motifs is 3. The maximum atomic E-state index is 9.24. The highest BCUT2D eigenvalue weighted by molar-refractivity contribution is 5.65. The second-order valence-electron chi connectivity index (χ2n) is 8.14. The lowest BCUT2D eigenvalue weighted by molar-refractivity contribution is 0.248. The van der Waals surface area contributed by atoms with E-state index in [4.69, 9.17) is 4.74 Å². The quantitative estimate of drug-likeness (QED) is 0.653. The van der Waals surface area contributed by atoms with Crippen LogP contribution in [0.2, 0.25) is 0 Å². The molecule has 0 fully saturated rings. The first-order valence-electron chi connectivity index (χ1n) is 10.6. The van der Waals surface area contributed by atoms with Crippen molar-refractivity contribution in [3.8, 4) is 17.0 Å². The average molecular weight is 422 g/mol. The number of imidazole rings is 1. The number of hydrogen-bond acceptors (Lipinski definition) is 7. The Hall–Kier alpha value is -3.33. The second-order valence-corrected chi connectivity index (χ2v) is 8.14. The van der Waals surface area contributed by atoms with Gasteiger partial charge < -0.3 is 24.6 Å². The lowest BCUT2D eigenvalue weighted by Gasteiger charge is -2.23. The first-order valence-corrected chi connectivity index (χ1v) is 10.6. The van der Waals surface area contributed by atoms with Crippen LogP contribution >= 0.6 is 0 Å². The van der Waals surface area contributed by atoms with E-state index in [1.165, 1.54) is 0 Å². The number of benzene rings is 1. The number of nitrogens with zero attached hydrogens (tertiary/aromatic N) is 6. The summed E-state index contributed by atoms with van der Waals surface area (Å²) in [6.07, 6.45) is 5.66. The molecule has 5 rings (SSSR count). The molecule has 9 nitrogen and oxygen atoms in total. The van der Waals surface area contributed by atoms with Gasteiger partial charge in [0.05, 0.1) is 24.5 Å². The van der Waals surface area contributed by atoms with Crippen molar-refractivity contribution < 1.29 is 9.84 Å². The average Bonchev–Trinajstić information content (AvgIpc) is 3.45. The lowest BCUT2D eigenvalue weighted by atomic mass is 10.1. The summed E-state index contributed by atoms with van der Waals surface area (Å²) >= 11 is 0. The third-order valence-electron chi connectivity index (χ3n) is 5.75. The molecule has 1 unspecified atom stereocenters. The van der Waals surface area contributed by atoms with Gasteiger partial charge in [-0.2, -0.15) is 5.10 Å². The number of aryl methyl sites for hydroxylation is 1. The summed E-state index contributed by atoms with van der Waals surface area (Å²) in [6, 6.07) is 6.46. The van der Waals surface area contributed by atoms with Crippen molar-refractivity contribution in [2.45, 2.75) is 39.5 Å². The van der Waals surface area contributed by atoms with Crippen LogP contribution in [0.4, 0.5) is 0 Å². The van der Waals surface area contributed by atoms with Crippen molar-refractivity contribution >= 4 is 5.70 Å². The Balaban J connectivity index is 1.45. The van der Waals surface area contributed by atoms with Gasteiger partial charge in [0.25, 0.3) is 0 Å². The standard InChI is InChI=1S/C22H27N7O2/c1-14(2)29-22(23-13-24-29)19-12-28-7-9-31-20-10-16(4-5-17(20)21(28)26-19)18-11-27(6-8-30)15(3)25-18/h4-5,10-14,21,26,30H,6-9H2,1-3H3. The van der Waals surface area contributed by atoms with Crippen molar-refractivity contribution in [3.63, 3.8) is 0 Å². The van der Waals surface area contributed by atoms with Gasteiger partial charge in [-0.3, -0.25) is 0 Å². The summed E-state index contributed by atoms with van der Waals surface area (Å²) in [5, 5.41) is 17.2. The van der Waals surface area contributed by atoms with E-state index in [0.717, 1.165) is 46.5 Å². The zero-order chi connectivity index (χ0) is 21.5. The molecule has 4 heterocycles. The molecule has 1 atom stereocenters. The van der Waals surface area contributed by atoms with E-state index >= 15 is 0 Å². The summed E-state index contributed by atoms with van der Waals surface area (Å²) in [6.45, 7) is 8.13. The molecule has 0 bridgehead atoms. The molecule has 2 aromatic heterocycles. The SMILES string of the molecule is Cc1nc(-c2ccc3c(c2)OCCN2C=C(c4ncnn4C(C)C)NC32)cn1CCO. The maximum absolute atomic E-state index is 9.24. The largest absolute Gasteiger partial charge is 0.491 e. The van der Waals surface area contributed by atoms with Gasteiger partial charge in [0, 0.05) is 36.1 Å². The molecule has 9 heteroatoms. The topological polar surface area (TPSA) is 93.3 Å². The summed E-state index contributed by atoms with van der Waals surface area (Å²) in [5.74, 6) is 2.57. The van der Waals surface area contributed by atoms with Gasteiger partial charge in [0.1, 0.15) is 30.7 Å². The number of aliphatic hydroxyl groups is 1. The number of ether oxygens (including phenoxy) is 1.